The van der Waals surface area contributed by atoms with Crippen LogP contribution in [0.25, 0.3) is 6.08 Å². The molecule has 0 spiro atoms. The Kier molecular flexibility index (Phi) is 2.84. The lowest BCUT2D eigenvalue weighted by molar-refractivity contribution is 0.745. The molecule has 0 bridgehead atoms. The molecule has 3 heteroatoms. The lowest BCUT2D eigenvalue weighted by Crippen LogP contribution is -2.28. The molecule has 0 saturated heterocycles. The molecule has 2 N–H and O–H groups in total. The molecule has 0 radical (unpaired) electrons. The van der Waals surface area contributed by atoms with Gasteiger partial charge in [0.2, 0.25) is 0 Å². The molecule has 2 rings (SSSR count). The maximum absolute atomic E-state index is 5.35. The zero-order valence-corrected chi connectivity index (χ0v) is 9.58. The van der Waals surface area contributed by atoms with Gasteiger partial charge in [0.15, 0.2) is 0 Å². The summed E-state index contributed by atoms with van der Waals surface area (Å²) < 4.78 is 0. The molecule has 0 saturated carbocycles. The largest absolute Gasteiger partial charge is 0.357 e. The number of rotatable bonds is 2. The summed E-state index contributed by atoms with van der Waals surface area (Å²) >= 11 is 5.35. The van der Waals surface area contributed by atoms with Crippen molar-refractivity contribution in [3.8, 4) is 0 Å². The maximum Gasteiger partial charge on any atom is 0.0419 e. The standard InChI is InChI=1S/C12H14N2S/c1-3-4-5-9-8(2)12-10(14-9)6-13-7-11(12)15/h3-5,13-14H,1,6-7H2,2H3/b5-4-. The first-order valence-corrected chi connectivity index (χ1v) is 5.39. The zero-order chi connectivity index (χ0) is 10.8. The Bertz CT molecular complexity index is 441. The van der Waals surface area contributed by atoms with Crippen LogP contribution in [-0.2, 0) is 6.54 Å². The number of allylic oxidation sites excluding steroid dienone is 2. The van der Waals surface area contributed by atoms with Gasteiger partial charge < -0.3 is 10.3 Å². The number of thiocarbonyl (C=S) groups is 1. The summed E-state index contributed by atoms with van der Waals surface area (Å²) in [5.74, 6) is 0. The van der Waals surface area contributed by atoms with Gasteiger partial charge in [0.05, 0.1) is 0 Å². The lowest BCUT2D eigenvalue weighted by atomic mass is 10.0. The van der Waals surface area contributed by atoms with E-state index in [2.05, 4.69) is 23.8 Å². The molecule has 15 heavy (non-hydrogen) atoms. The number of aromatic amines is 1. The Balaban J connectivity index is 2.48. The highest BCUT2D eigenvalue weighted by atomic mass is 32.1. The van der Waals surface area contributed by atoms with Crippen LogP contribution in [0.4, 0.5) is 0 Å². The minimum Gasteiger partial charge on any atom is -0.357 e. The van der Waals surface area contributed by atoms with Gasteiger partial charge in [-0.3, -0.25) is 0 Å². The van der Waals surface area contributed by atoms with Crippen molar-refractivity contribution in [1.29, 1.82) is 0 Å². The van der Waals surface area contributed by atoms with Gasteiger partial charge in [-0.2, -0.15) is 0 Å². The summed E-state index contributed by atoms with van der Waals surface area (Å²) in [4.78, 5) is 4.39. The number of aromatic nitrogens is 1. The molecule has 0 atom stereocenters. The van der Waals surface area contributed by atoms with E-state index in [1.807, 2.05) is 12.2 Å². The topological polar surface area (TPSA) is 27.8 Å². The molecule has 1 aliphatic heterocycles. The molecule has 0 amide bonds. The smallest absolute Gasteiger partial charge is 0.0419 e. The van der Waals surface area contributed by atoms with Gasteiger partial charge in [0, 0.05) is 34.9 Å². The Morgan fingerprint density at radius 3 is 2.87 bits per heavy atom. The third kappa shape index (κ3) is 1.80. The molecule has 1 aromatic rings. The Hall–Kier alpha value is -1.19. The predicted molar refractivity (Wildman–Crippen MR) is 68.2 cm³/mol. The molecular weight excluding hydrogens is 204 g/mol. The van der Waals surface area contributed by atoms with Crippen molar-refractivity contribution >= 4 is 23.2 Å². The summed E-state index contributed by atoms with van der Waals surface area (Å²) in [6.07, 6.45) is 5.74. The van der Waals surface area contributed by atoms with Crippen LogP contribution in [0.3, 0.4) is 0 Å². The van der Waals surface area contributed by atoms with E-state index in [-0.39, 0.29) is 0 Å². The zero-order valence-electron chi connectivity index (χ0n) is 8.76. The van der Waals surface area contributed by atoms with E-state index < -0.39 is 0 Å². The Morgan fingerprint density at radius 2 is 2.20 bits per heavy atom. The van der Waals surface area contributed by atoms with E-state index in [1.54, 1.807) is 6.08 Å². The van der Waals surface area contributed by atoms with Crippen LogP contribution in [-0.4, -0.2) is 16.4 Å². The van der Waals surface area contributed by atoms with Gasteiger partial charge in [0.25, 0.3) is 0 Å². The van der Waals surface area contributed by atoms with Gasteiger partial charge in [-0.05, 0) is 18.6 Å². The van der Waals surface area contributed by atoms with Crippen LogP contribution in [0.15, 0.2) is 18.7 Å². The van der Waals surface area contributed by atoms with Crippen molar-refractivity contribution in [1.82, 2.24) is 10.3 Å². The first-order chi connectivity index (χ1) is 7.24. The van der Waals surface area contributed by atoms with E-state index in [1.165, 1.54) is 16.8 Å². The number of nitrogens with one attached hydrogen (secondary N) is 2. The van der Waals surface area contributed by atoms with Crippen molar-refractivity contribution in [3.05, 3.63) is 41.2 Å². The number of hydrogen-bond donors (Lipinski definition) is 2. The molecule has 2 heterocycles. The van der Waals surface area contributed by atoms with Crippen molar-refractivity contribution in [2.75, 3.05) is 6.54 Å². The second-order valence-corrected chi connectivity index (χ2v) is 4.13. The summed E-state index contributed by atoms with van der Waals surface area (Å²) in [7, 11) is 0. The fourth-order valence-corrected chi connectivity index (χ4v) is 2.29. The highest BCUT2D eigenvalue weighted by Crippen LogP contribution is 2.22. The van der Waals surface area contributed by atoms with Gasteiger partial charge >= 0.3 is 0 Å². The molecule has 0 unspecified atom stereocenters. The normalized spacial score (nSPS) is 15.7. The predicted octanol–water partition coefficient (Wildman–Crippen LogP) is 2.34. The lowest BCUT2D eigenvalue weighted by Gasteiger charge is -2.14. The minimum absolute atomic E-state index is 0.811. The first kappa shape index (κ1) is 10.3. The van der Waals surface area contributed by atoms with E-state index in [0.29, 0.717) is 0 Å². The summed E-state index contributed by atoms with van der Waals surface area (Å²) in [5.41, 5.74) is 4.81. The molecule has 0 aromatic carbocycles. The fraction of sp³-hybridized carbons (Fsp3) is 0.250. The maximum atomic E-state index is 5.35. The quantitative estimate of drug-likeness (QED) is 0.589. The van der Waals surface area contributed by atoms with Gasteiger partial charge in [0.1, 0.15) is 0 Å². The van der Waals surface area contributed by atoms with Crippen molar-refractivity contribution in [3.63, 3.8) is 0 Å². The highest BCUT2D eigenvalue weighted by Gasteiger charge is 2.19. The van der Waals surface area contributed by atoms with Gasteiger partial charge in [-0.25, -0.2) is 0 Å². The SMILES string of the molecule is C=C/C=C\c1[nH]c2c(c1C)C(=S)CNC2. The molecule has 0 aliphatic carbocycles. The van der Waals surface area contributed by atoms with E-state index in [4.69, 9.17) is 12.2 Å². The highest BCUT2D eigenvalue weighted by molar-refractivity contribution is 7.81. The second kappa shape index (κ2) is 4.13. The number of H-pyrrole nitrogens is 1. The molecule has 0 fully saturated rings. The Labute approximate surface area is 95.1 Å². The van der Waals surface area contributed by atoms with E-state index in [0.717, 1.165) is 23.6 Å². The third-order valence-corrected chi connectivity index (χ3v) is 2.98. The molecule has 1 aromatic heterocycles. The van der Waals surface area contributed by atoms with Crippen LogP contribution in [0.1, 0.15) is 22.5 Å². The van der Waals surface area contributed by atoms with Crippen molar-refractivity contribution in [2.24, 2.45) is 0 Å². The van der Waals surface area contributed by atoms with Crippen LogP contribution >= 0.6 is 12.2 Å². The fourth-order valence-electron chi connectivity index (χ4n) is 1.91. The first-order valence-electron chi connectivity index (χ1n) is 4.98. The number of fused-ring (bicyclic) bond motifs is 1. The average molecular weight is 218 g/mol. The van der Waals surface area contributed by atoms with Crippen LogP contribution in [0, 0.1) is 6.92 Å². The van der Waals surface area contributed by atoms with Crippen LogP contribution in [0.5, 0.6) is 0 Å². The number of hydrogen-bond acceptors (Lipinski definition) is 2. The minimum atomic E-state index is 0.811. The van der Waals surface area contributed by atoms with Crippen molar-refractivity contribution < 1.29 is 0 Å². The van der Waals surface area contributed by atoms with Crippen LogP contribution < -0.4 is 5.32 Å². The molecule has 2 nitrogen and oxygen atoms in total. The second-order valence-electron chi connectivity index (χ2n) is 3.64. The molecular formula is C12H14N2S. The van der Waals surface area contributed by atoms with Crippen molar-refractivity contribution in [2.45, 2.75) is 13.5 Å². The van der Waals surface area contributed by atoms with E-state index in [9.17, 15) is 0 Å². The van der Waals surface area contributed by atoms with Gasteiger partial charge in [-0.15, -0.1) is 0 Å². The van der Waals surface area contributed by atoms with Crippen LogP contribution in [0.2, 0.25) is 0 Å². The molecule has 1 aliphatic rings. The summed E-state index contributed by atoms with van der Waals surface area (Å²) in [6, 6.07) is 0. The average Bonchev–Trinajstić information content (AvgIpc) is 2.54. The monoisotopic (exact) mass is 218 g/mol. The summed E-state index contributed by atoms with van der Waals surface area (Å²) in [6.45, 7) is 7.45. The molecule has 78 valence electrons. The summed E-state index contributed by atoms with van der Waals surface area (Å²) in [5, 5.41) is 3.27. The Morgan fingerprint density at radius 1 is 1.40 bits per heavy atom. The third-order valence-electron chi connectivity index (χ3n) is 2.63. The van der Waals surface area contributed by atoms with E-state index >= 15 is 0 Å². The van der Waals surface area contributed by atoms with Gasteiger partial charge in [-0.1, -0.05) is 30.9 Å².